The van der Waals surface area contributed by atoms with E-state index in [0.29, 0.717) is 26.2 Å². The Kier molecular flexibility index (Phi) is 7.39. The summed E-state index contributed by atoms with van der Waals surface area (Å²) in [4.78, 5) is 21.8. The van der Waals surface area contributed by atoms with Crippen LogP contribution in [0, 0.1) is 0 Å². The first-order chi connectivity index (χ1) is 6.70. The van der Waals surface area contributed by atoms with E-state index in [1.807, 2.05) is 0 Å². The molecule has 6 heteroatoms. The average molecular weight is 200 g/mol. The van der Waals surface area contributed by atoms with E-state index in [1.165, 1.54) is 0 Å². The van der Waals surface area contributed by atoms with Crippen LogP contribution in [0.25, 0.3) is 0 Å². The molecule has 6 N–H and O–H groups in total. The van der Waals surface area contributed by atoms with E-state index in [4.69, 9.17) is 11.5 Å². The van der Waals surface area contributed by atoms with Gasteiger partial charge in [0, 0.05) is 38.3 Å². The molecule has 0 heterocycles. The zero-order valence-electron chi connectivity index (χ0n) is 7.95. The number of amides is 2. The molecule has 0 saturated heterocycles. The van der Waals surface area contributed by atoms with E-state index in [-0.39, 0.29) is 11.8 Å². The first-order valence-corrected chi connectivity index (χ1v) is 4.34. The van der Waals surface area contributed by atoms with Gasteiger partial charge in [-0.1, -0.05) is 0 Å². The lowest BCUT2D eigenvalue weighted by atomic mass is 10.4. The minimum Gasteiger partial charge on any atom is -0.351 e. The fourth-order valence-electron chi connectivity index (χ4n) is 0.660. The minimum absolute atomic E-state index is 0.335. The second kappa shape index (κ2) is 8.21. The number of hydrogen-bond donors (Lipinski definition) is 4. The van der Waals surface area contributed by atoms with Crippen LogP contribution in [0.1, 0.15) is 0 Å². The van der Waals surface area contributed by atoms with Crippen molar-refractivity contribution < 1.29 is 9.59 Å². The number of nitrogens with two attached hydrogens (primary N) is 2. The van der Waals surface area contributed by atoms with Gasteiger partial charge in [0.25, 0.3) is 0 Å². The van der Waals surface area contributed by atoms with Crippen LogP contribution in [0.3, 0.4) is 0 Å². The van der Waals surface area contributed by atoms with Crippen LogP contribution in [-0.4, -0.2) is 38.0 Å². The molecule has 2 amide bonds. The highest BCUT2D eigenvalue weighted by Gasteiger charge is 1.96. The molecule has 0 radical (unpaired) electrons. The largest absolute Gasteiger partial charge is 0.351 e. The molecule has 0 unspecified atom stereocenters. The summed E-state index contributed by atoms with van der Waals surface area (Å²) < 4.78 is 0. The Morgan fingerprint density at radius 2 is 1.29 bits per heavy atom. The molecule has 0 atom stereocenters. The van der Waals surface area contributed by atoms with E-state index in [9.17, 15) is 9.59 Å². The third-order valence-electron chi connectivity index (χ3n) is 1.27. The number of rotatable bonds is 6. The molecule has 0 rings (SSSR count). The Bertz CT molecular complexity index is 193. The lowest BCUT2D eigenvalue weighted by Gasteiger charge is -1.98. The van der Waals surface area contributed by atoms with Crippen LogP contribution >= 0.6 is 0 Å². The van der Waals surface area contributed by atoms with Gasteiger partial charge in [-0.05, 0) is 0 Å². The van der Waals surface area contributed by atoms with Crippen molar-refractivity contribution in [1.82, 2.24) is 10.6 Å². The van der Waals surface area contributed by atoms with Crippen molar-refractivity contribution in [1.29, 1.82) is 0 Å². The maximum atomic E-state index is 10.9. The van der Waals surface area contributed by atoms with Crippen molar-refractivity contribution in [3.05, 3.63) is 12.2 Å². The van der Waals surface area contributed by atoms with E-state index in [0.717, 1.165) is 12.2 Å². The zero-order valence-corrected chi connectivity index (χ0v) is 7.95. The number of hydrogen-bond acceptors (Lipinski definition) is 4. The molecule has 0 aromatic carbocycles. The van der Waals surface area contributed by atoms with Gasteiger partial charge < -0.3 is 22.1 Å². The third-order valence-corrected chi connectivity index (χ3v) is 1.27. The Hall–Kier alpha value is -1.40. The quantitative estimate of drug-likeness (QED) is 0.361. The Labute approximate surface area is 82.7 Å². The molecule has 14 heavy (non-hydrogen) atoms. The van der Waals surface area contributed by atoms with Crippen LogP contribution < -0.4 is 22.1 Å². The molecule has 0 spiro atoms. The van der Waals surface area contributed by atoms with Crippen molar-refractivity contribution in [2.24, 2.45) is 11.5 Å². The summed E-state index contributed by atoms with van der Waals surface area (Å²) in [6, 6.07) is 0. The number of carbonyl (C=O) groups excluding carboxylic acids is 2. The molecule has 0 aromatic rings. The molecule has 0 bridgehead atoms. The fourth-order valence-corrected chi connectivity index (χ4v) is 0.660. The second-order valence-electron chi connectivity index (χ2n) is 2.49. The summed E-state index contributed by atoms with van der Waals surface area (Å²) in [6.07, 6.45) is 2.31. The molecule has 0 aliphatic heterocycles. The summed E-state index contributed by atoms with van der Waals surface area (Å²) in [5.41, 5.74) is 10.3. The first kappa shape index (κ1) is 12.6. The summed E-state index contributed by atoms with van der Waals surface area (Å²) in [5, 5.41) is 4.98. The zero-order chi connectivity index (χ0) is 10.8. The minimum atomic E-state index is -0.335. The third kappa shape index (κ3) is 7.26. The average Bonchev–Trinajstić information content (AvgIpc) is 2.20. The van der Waals surface area contributed by atoms with Crippen molar-refractivity contribution in [3.63, 3.8) is 0 Å². The van der Waals surface area contributed by atoms with Gasteiger partial charge in [0.15, 0.2) is 0 Å². The predicted octanol–water partition coefficient (Wildman–Crippen LogP) is -2.31. The molecular formula is C8H16N4O2. The normalized spacial score (nSPS) is 10.1. The molecule has 0 aliphatic carbocycles. The van der Waals surface area contributed by atoms with Crippen molar-refractivity contribution in [2.45, 2.75) is 0 Å². The van der Waals surface area contributed by atoms with E-state index < -0.39 is 0 Å². The van der Waals surface area contributed by atoms with Gasteiger partial charge in [-0.15, -0.1) is 0 Å². The van der Waals surface area contributed by atoms with Crippen LogP contribution in [-0.2, 0) is 9.59 Å². The van der Waals surface area contributed by atoms with Gasteiger partial charge in [-0.3, -0.25) is 9.59 Å². The highest BCUT2D eigenvalue weighted by Crippen LogP contribution is 1.74. The molecular weight excluding hydrogens is 184 g/mol. The van der Waals surface area contributed by atoms with Gasteiger partial charge in [-0.25, -0.2) is 0 Å². The Morgan fingerprint density at radius 1 is 0.929 bits per heavy atom. The van der Waals surface area contributed by atoms with Crippen molar-refractivity contribution in [3.8, 4) is 0 Å². The van der Waals surface area contributed by atoms with E-state index in [1.54, 1.807) is 0 Å². The monoisotopic (exact) mass is 200 g/mol. The van der Waals surface area contributed by atoms with Crippen molar-refractivity contribution >= 4 is 11.8 Å². The molecule has 0 aliphatic rings. The Balaban J connectivity index is 3.68. The lowest BCUT2D eigenvalue weighted by Crippen LogP contribution is -2.29. The van der Waals surface area contributed by atoms with Gasteiger partial charge >= 0.3 is 0 Å². The Morgan fingerprint density at radius 3 is 1.57 bits per heavy atom. The van der Waals surface area contributed by atoms with E-state index >= 15 is 0 Å². The molecule has 80 valence electrons. The SMILES string of the molecule is NCCNC(=O)/C=C/C(=O)NCCN. The van der Waals surface area contributed by atoms with E-state index in [2.05, 4.69) is 10.6 Å². The smallest absolute Gasteiger partial charge is 0.244 e. The van der Waals surface area contributed by atoms with Gasteiger partial charge in [0.05, 0.1) is 0 Å². The summed E-state index contributed by atoms with van der Waals surface area (Å²) in [6.45, 7) is 1.54. The molecule has 0 fully saturated rings. The summed E-state index contributed by atoms with van der Waals surface area (Å²) in [5.74, 6) is -0.670. The lowest BCUT2D eigenvalue weighted by molar-refractivity contribution is -0.118. The number of carbonyl (C=O) groups is 2. The maximum absolute atomic E-state index is 10.9. The van der Waals surface area contributed by atoms with Gasteiger partial charge in [-0.2, -0.15) is 0 Å². The maximum Gasteiger partial charge on any atom is 0.244 e. The summed E-state index contributed by atoms with van der Waals surface area (Å²) in [7, 11) is 0. The second-order valence-corrected chi connectivity index (χ2v) is 2.49. The van der Waals surface area contributed by atoms with Crippen LogP contribution in [0.4, 0.5) is 0 Å². The fraction of sp³-hybridized carbons (Fsp3) is 0.500. The number of nitrogens with one attached hydrogen (secondary N) is 2. The first-order valence-electron chi connectivity index (χ1n) is 4.34. The van der Waals surface area contributed by atoms with Crippen LogP contribution in [0.5, 0.6) is 0 Å². The predicted molar refractivity (Wildman–Crippen MR) is 53.3 cm³/mol. The van der Waals surface area contributed by atoms with Crippen LogP contribution in [0.15, 0.2) is 12.2 Å². The molecule has 6 nitrogen and oxygen atoms in total. The van der Waals surface area contributed by atoms with Crippen LogP contribution in [0.2, 0.25) is 0 Å². The molecule has 0 saturated carbocycles. The topological polar surface area (TPSA) is 110 Å². The molecule has 0 aromatic heterocycles. The highest BCUT2D eigenvalue weighted by atomic mass is 16.2. The van der Waals surface area contributed by atoms with Crippen molar-refractivity contribution in [2.75, 3.05) is 26.2 Å². The highest BCUT2D eigenvalue weighted by molar-refractivity contribution is 5.96. The van der Waals surface area contributed by atoms with Gasteiger partial charge in [0.2, 0.25) is 11.8 Å². The summed E-state index contributed by atoms with van der Waals surface area (Å²) >= 11 is 0. The van der Waals surface area contributed by atoms with Gasteiger partial charge in [0.1, 0.15) is 0 Å². The standard InChI is InChI=1S/C8H16N4O2/c9-3-5-11-7(13)1-2-8(14)12-6-4-10/h1-2H,3-6,9-10H2,(H,11,13)(H,12,14)/b2-1+.